The first kappa shape index (κ1) is 5.10. The van der Waals surface area contributed by atoms with E-state index in [1.54, 1.807) is 0 Å². The normalized spacial score (nSPS) is 7.20. The molecule has 0 amide bonds. The second-order valence-corrected chi connectivity index (χ2v) is 2.27. The molecule has 0 N–H and O–H groups in total. The molecule has 0 rings (SSSR count). The van der Waals surface area contributed by atoms with Crippen molar-refractivity contribution < 1.29 is 17.1 Å². The van der Waals surface area contributed by atoms with Crippen molar-refractivity contribution >= 4 is 0 Å². The van der Waals surface area contributed by atoms with E-state index in [1.807, 2.05) is 9.34 Å². The molecule has 0 bridgehead atoms. The predicted octanol–water partition coefficient (Wildman–Crippen LogP) is 1.36. The van der Waals surface area contributed by atoms with Crippen molar-refractivity contribution in [3.05, 3.63) is 22.5 Å². The molecule has 0 aromatic carbocycles. The molecular weight excluding hydrogens is 151 g/mol. The van der Waals surface area contributed by atoms with Gasteiger partial charge in [0.2, 0.25) is 0 Å². The number of rotatable bonds is 2. The summed E-state index contributed by atoms with van der Waals surface area (Å²) in [5.74, 6) is 0. The molecule has 0 aromatic rings. The minimum atomic E-state index is 0.434. The molecule has 0 unspecified atom stereocenters. The Morgan fingerprint density at radius 1 is 1.20 bits per heavy atom. The Kier molecular flexibility index (Phi) is 4.19. The van der Waals surface area contributed by atoms with Crippen LogP contribution in [0.5, 0.6) is 0 Å². The van der Waals surface area contributed by atoms with E-state index in [0.29, 0.717) is 17.1 Å². The third-order valence-electron chi connectivity index (χ3n) is 0.157. The molecule has 0 spiro atoms. The average molecular weight is 157 g/mol. The summed E-state index contributed by atoms with van der Waals surface area (Å²) in [6.45, 7) is 7.02. The zero-order valence-corrected chi connectivity index (χ0v) is 4.54. The first-order valence-corrected chi connectivity index (χ1v) is 3.09. The van der Waals surface area contributed by atoms with Gasteiger partial charge in [-0.25, -0.2) is 0 Å². The van der Waals surface area contributed by atoms with Gasteiger partial charge in [0.05, 0.1) is 0 Å². The molecule has 0 saturated heterocycles. The molecule has 0 aliphatic heterocycles. The monoisotopic (exact) mass is 157 g/mol. The molecule has 0 aromatic heterocycles. The van der Waals surface area contributed by atoms with E-state index < -0.39 is 0 Å². The fourth-order valence-corrected chi connectivity index (χ4v) is 0.329. The molecule has 0 atom stereocenters. The van der Waals surface area contributed by atoms with Gasteiger partial charge in [0.1, 0.15) is 0 Å². The Labute approximate surface area is 40.2 Å². The van der Waals surface area contributed by atoms with E-state index in [4.69, 9.17) is 0 Å². The van der Waals surface area contributed by atoms with Crippen LogP contribution in [0.25, 0.3) is 0 Å². The molecule has 31 valence electrons. The van der Waals surface area contributed by atoms with Crippen molar-refractivity contribution in [2.75, 3.05) is 0 Å². The maximum absolute atomic E-state index is 3.51. The van der Waals surface area contributed by atoms with Gasteiger partial charge in [-0.1, -0.05) is 0 Å². The second-order valence-electron chi connectivity index (χ2n) is 0.383. The molecule has 5 heavy (non-hydrogen) atoms. The maximum atomic E-state index is 3.51. The fraction of sp³-hybridized carbons (Fsp3) is 0. The van der Waals surface area contributed by atoms with Crippen LogP contribution in [-0.4, -0.2) is 0 Å². The third-order valence-corrected chi connectivity index (χ3v) is 0.930. The van der Waals surface area contributed by atoms with Crippen LogP contribution in [0.4, 0.5) is 0 Å². The number of hydrogen-bond donors (Lipinski definition) is 0. The van der Waals surface area contributed by atoms with Crippen LogP contribution in [0, 0.1) is 0 Å². The average Bonchev–Trinajstić information content (AvgIpc) is 1.41. The van der Waals surface area contributed by atoms with Gasteiger partial charge in [-0.2, -0.15) is 0 Å². The van der Waals surface area contributed by atoms with E-state index in [-0.39, 0.29) is 0 Å². The summed E-state index contributed by atoms with van der Waals surface area (Å²) in [5.41, 5.74) is 0. The van der Waals surface area contributed by atoms with Crippen molar-refractivity contribution in [2.24, 2.45) is 0 Å². The van der Waals surface area contributed by atoms with E-state index in [0.717, 1.165) is 0 Å². The van der Waals surface area contributed by atoms with Gasteiger partial charge in [0.15, 0.2) is 0 Å². The van der Waals surface area contributed by atoms with Crippen molar-refractivity contribution in [3.63, 3.8) is 0 Å². The Morgan fingerprint density at radius 3 is 1.60 bits per heavy atom. The van der Waals surface area contributed by atoms with Gasteiger partial charge < -0.3 is 0 Å². The molecular formula is C4H6Rh. The predicted molar refractivity (Wildman–Crippen MR) is 20.4 cm³/mol. The van der Waals surface area contributed by atoms with E-state index >= 15 is 0 Å². The SMILES string of the molecule is C=[CH][Rh][CH]=C. The summed E-state index contributed by atoms with van der Waals surface area (Å²) in [6, 6.07) is 0. The minimum absolute atomic E-state index is 0.434. The van der Waals surface area contributed by atoms with Gasteiger partial charge >= 0.3 is 39.6 Å². The Balaban J connectivity index is 2.65. The topological polar surface area (TPSA) is 0 Å². The van der Waals surface area contributed by atoms with Crippen molar-refractivity contribution in [2.45, 2.75) is 0 Å². The summed E-state index contributed by atoms with van der Waals surface area (Å²) in [5, 5.41) is 0. The molecule has 0 radical (unpaired) electrons. The third kappa shape index (κ3) is 4.10. The second kappa shape index (κ2) is 4.10. The molecule has 0 aliphatic carbocycles. The van der Waals surface area contributed by atoms with Crippen LogP contribution in [0.2, 0.25) is 0 Å². The van der Waals surface area contributed by atoms with Crippen molar-refractivity contribution in [1.82, 2.24) is 0 Å². The van der Waals surface area contributed by atoms with Gasteiger partial charge in [-0.05, 0) is 0 Å². The van der Waals surface area contributed by atoms with Crippen LogP contribution in [-0.2, 0) is 17.1 Å². The summed E-state index contributed by atoms with van der Waals surface area (Å²) < 4.78 is 3.76. The zero-order valence-electron chi connectivity index (χ0n) is 2.90. The van der Waals surface area contributed by atoms with Gasteiger partial charge in [0, 0.05) is 0 Å². The van der Waals surface area contributed by atoms with E-state index in [1.165, 1.54) is 0 Å². The Morgan fingerprint density at radius 2 is 1.60 bits per heavy atom. The first-order chi connectivity index (χ1) is 2.41. The summed E-state index contributed by atoms with van der Waals surface area (Å²) in [7, 11) is 0. The Hall–Kier alpha value is 0.103. The quantitative estimate of drug-likeness (QED) is 0.530. The van der Waals surface area contributed by atoms with Crippen molar-refractivity contribution in [3.8, 4) is 0 Å². The van der Waals surface area contributed by atoms with Gasteiger partial charge in [0.25, 0.3) is 0 Å². The van der Waals surface area contributed by atoms with E-state index in [2.05, 4.69) is 13.2 Å². The molecule has 0 aliphatic rings. The molecule has 0 fully saturated rings. The summed E-state index contributed by atoms with van der Waals surface area (Å²) in [6.07, 6.45) is 0. The van der Waals surface area contributed by atoms with Crippen LogP contribution in [0.3, 0.4) is 0 Å². The number of hydrogen-bond acceptors (Lipinski definition) is 0. The van der Waals surface area contributed by atoms with Crippen LogP contribution in [0.1, 0.15) is 0 Å². The van der Waals surface area contributed by atoms with Crippen LogP contribution >= 0.6 is 0 Å². The Bertz CT molecular complexity index is 32.9. The fourth-order valence-electron chi connectivity index (χ4n) is 0.0556. The summed E-state index contributed by atoms with van der Waals surface area (Å²) in [4.78, 5) is 0. The molecule has 0 saturated carbocycles. The first-order valence-electron chi connectivity index (χ1n) is 1.20. The summed E-state index contributed by atoms with van der Waals surface area (Å²) >= 11 is 0.434. The van der Waals surface area contributed by atoms with Crippen molar-refractivity contribution in [1.29, 1.82) is 0 Å². The van der Waals surface area contributed by atoms with E-state index in [9.17, 15) is 0 Å². The molecule has 0 heterocycles. The molecule has 1 heteroatoms. The van der Waals surface area contributed by atoms with Crippen LogP contribution < -0.4 is 0 Å². The van der Waals surface area contributed by atoms with Gasteiger partial charge in [-0.3, -0.25) is 0 Å². The van der Waals surface area contributed by atoms with Gasteiger partial charge in [-0.15, -0.1) is 0 Å². The standard InChI is InChI=1S/2C2H3.Rh/c2*1-2;/h2*1H,2H2;. The zero-order chi connectivity index (χ0) is 4.12. The van der Waals surface area contributed by atoms with Crippen LogP contribution in [0.15, 0.2) is 22.5 Å². The molecule has 0 nitrogen and oxygen atoms in total.